The van der Waals surface area contributed by atoms with Crippen molar-refractivity contribution < 1.29 is 4.74 Å². The number of fused-ring (bicyclic) bond motifs is 1. The maximum absolute atomic E-state index is 5.81. The highest BCUT2D eigenvalue weighted by molar-refractivity contribution is 5.79. The second kappa shape index (κ2) is 6.33. The van der Waals surface area contributed by atoms with E-state index in [1.54, 1.807) is 6.20 Å². The molecule has 0 aliphatic carbocycles. The summed E-state index contributed by atoms with van der Waals surface area (Å²) >= 11 is 0. The molecule has 0 unspecified atom stereocenters. The van der Waals surface area contributed by atoms with Gasteiger partial charge in [0.2, 0.25) is 0 Å². The lowest BCUT2D eigenvalue weighted by molar-refractivity contribution is 0.301. The summed E-state index contributed by atoms with van der Waals surface area (Å²) in [5, 5.41) is 4.20. The lowest BCUT2D eigenvalue weighted by Gasteiger charge is -2.08. The summed E-state index contributed by atoms with van der Waals surface area (Å²) in [6.07, 6.45) is 1.79. The van der Waals surface area contributed by atoms with E-state index in [4.69, 9.17) is 4.74 Å². The van der Waals surface area contributed by atoms with E-state index in [0.717, 1.165) is 34.6 Å². The molecule has 0 aliphatic heterocycles. The predicted octanol–water partition coefficient (Wildman–Crippen LogP) is 2.93. The van der Waals surface area contributed by atoms with Gasteiger partial charge in [0, 0.05) is 24.2 Å². The topological polar surface area (TPSA) is 47.0 Å². The number of hydrogen-bond acceptors (Lipinski definition) is 4. The van der Waals surface area contributed by atoms with E-state index in [9.17, 15) is 0 Å². The molecule has 0 spiro atoms. The molecule has 0 bridgehead atoms. The minimum absolute atomic E-state index is 0.454. The summed E-state index contributed by atoms with van der Waals surface area (Å²) in [6.45, 7) is 1.21. The van der Waals surface area contributed by atoms with E-state index in [-0.39, 0.29) is 0 Å². The molecule has 3 rings (SSSR count). The van der Waals surface area contributed by atoms with Crippen LogP contribution >= 0.6 is 0 Å². The Balaban J connectivity index is 1.72. The Hall–Kier alpha value is -2.46. The summed E-state index contributed by atoms with van der Waals surface area (Å²) in [6, 6.07) is 15.9. The first-order valence-electron chi connectivity index (χ1n) is 6.92. The van der Waals surface area contributed by atoms with Crippen molar-refractivity contribution in [3.05, 3.63) is 66.1 Å². The minimum Gasteiger partial charge on any atom is -0.487 e. The van der Waals surface area contributed by atoms with Gasteiger partial charge in [-0.3, -0.25) is 9.97 Å². The summed E-state index contributed by atoms with van der Waals surface area (Å²) in [5.41, 5.74) is 2.87. The van der Waals surface area contributed by atoms with Crippen LogP contribution < -0.4 is 10.1 Å². The van der Waals surface area contributed by atoms with Gasteiger partial charge in [0.1, 0.15) is 12.4 Å². The second-order valence-corrected chi connectivity index (χ2v) is 4.80. The van der Waals surface area contributed by atoms with Crippen molar-refractivity contribution in [3.8, 4) is 5.75 Å². The van der Waals surface area contributed by atoms with Crippen LogP contribution in [0.4, 0.5) is 0 Å². The Kier molecular flexibility index (Phi) is 4.07. The van der Waals surface area contributed by atoms with Crippen molar-refractivity contribution >= 4 is 10.9 Å². The Morgan fingerprint density at radius 2 is 1.95 bits per heavy atom. The van der Waals surface area contributed by atoms with Gasteiger partial charge in [-0.2, -0.15) is 0 Å². The standard InChI is InChI=1S/C17H17N3O/c1-18-11-14-5-2-6-15(20-14)12-21-16-8-7-13-4-3-9-19-17(13)10-16/h2-10,18H,11-12H2,1H3. The zero-order valence-electron chi connectivity index (χ0n) is 11.9. The Labute approximate surface area is 123 Å². The molecule has 21 heavy (non-hydrogen) atoms. The van der Waals surface area contributed by atoms with Crippen LogP contribution in [0.5, 0.6) is 5.75 Å². The molecule has 0 saturated carbocycles. The zero-order valence-corrected chi connectivity index (χ0v) is 11.9. The van der Waals surface area contributed by atoms with E-state index < -0.39 is 0 Å². The summed E-state index contributed by atoms with van der Waals surface area (Å²) < 4.78 is 5.81. The normalized spacial score (nSPS) is 10.7. The van der Waals surface area contributed by atoms with Gasteiger partial charge >= 0.3 is 0 Å². The second-order valence-electron chi connectivity index (χ2n) is 4.80. The first-order chi connectivity index (χ1) is 10.3. The average Bonchev–Trinajstić information content (AvgIpc) is 2.53. The number of hydrogen-bond donors (Lipinski definition) is 1. The first-order valence-corrected chi connectivity index (χ1v) is 6.92. The average molecular weight is 279 g/mol. The van der Waals surface area contributed by atoms with Crippen molar-refractivity contribution in [1.29, 1.82) is 0 Å². The molecule has 3 aromatic rings. The van der Waals surface area contributed by atoms with Gasteiger partial charge in [0.05, 0.1) is 16.9 Å². The molecule has 0 fully saturated rings. The van der Waals surface area contributed by atoms with Gasteiger partial charge in [-0.25, -0.2) is 0 Å². The van der Waals surface area contributed by atoms with Gasteiger partial charge in [-0.05, 0) is 37.4 Å². The molecular formula is C17H17N3O. The molecule has 1 N–H and O–H groups in total. The van der Waals surface area contributed by atoms with E-state index in [1.165, 1.54) is 0 Å². The molecule has 0 amide bonds. The molecule has 0 atom stereocenters. The molecule has 4 heteroatoms. The fraction of sp³-hybridized carbons (Fsp3) is 0.176. The lowest BCUT2D eigenvalue weighted by atomic mass is 10.2. The Bertz CT molecular complexity index is 743. The largest absolute Gasteiger partial charge is 0.487 e. The maximum atomic E-state index is 5.81. The van der Waals surface area contributed by atoms with Crippen molar-refractivity contribution in [2.75, 3.05) is 7.05 Å². The highest BCUT2D eigenvalue weighted by Gasteiger charge is 2.01. The minimum atomic E-state index is 0.454. The molecule has 0 radical (unpaired) electrons. The number of benzene rings is 1. The van der Waals surface area contributed by atoms with Gasteiger partial charge < -0.3 is 10.1 Å². The number of ether oxygens (including phenoxy) is 1. The van der Waals surface area contributed by atoms with Crippen molar-refractivity contribution in [2.24, 2.45) is 0 Å². The van der Waals surface area contributed by atoms with Gasteiger partial charge in [-0.1, -0.05) is 12.1 Å². The van der Waals surface area contributed by atoms with Crippen LogP contribution in [0.25, 0.3) is 10.9 Å². The van der Waals surface area contributed by atoms with Crippen LogP contribution in [0.2, 0.25) is 0 Å². The van der Waals surface area contributed by atoms with Crippen LogP contribution in [-0.4, -0.2) is 17.0 Å². The third-order valence-corrected chi connectivity index (χ3v) is 3.19. The van der Waals surface area contributed by atoms with Crippen LogP contribution in [-0.2, 0) is 13.2 Å². The molecule has 2 aromatic heterocycles. The molecular weight excluding hydrogens is 262 g/mol. The van der Waals surface area contributed by atoms with Gasteiger partial charge in [0.15, 0.2) is 0 Å². The SMILES string of the molecule is CNCc1cccc(COc2ccc3cccnc3c2)n1. The summed E-state index contributed by atoms with van der Waals surface area (Å²) in [4.78, 5) is 8.87. The summed E-state index contributed by atoms with van der Waals surface area (Å²) in [5.74, 6) is 0.807. The fourth-order valence-electron chi connectivity index (χ4n) is 2.18. The molecule has 4 nitrogen and oxygen atoms in total. The van der Waals surface area contributed by atoms with Crippen LogP contribution in [0.3, 0.4) is 0 Å². The third-order valence-electron chi connectivity index (χ3n) is 3.19. The quantitative estimate of drug-likeness (QED) is 0.780. The number of nitrogens with one attached hydrogen (secondary N) is 1. The monoisotopic (exact) mass is 279 g/mol. The zero-order chi connectivity index (χ0) is 14.5. The van der Waals surface area contributed by atoms with E-state index in [2.05, 4.69) is 15.3 Å². The predicted molar refractivity (Wildman–Crippen MR) is 83.1 cm³/mol. The molecule has 1 aromatic carbocycles. The van der Waals surface area contributed by atoms with Crippen LogP contribution in [0.1, 0.15) is 11.4 Å². The third kappa shape index (κ3) is 3.35. The van der Waals surface area contributed by atoms with E-state index in [0.29, 0.717) is 6.61 Å². The van der Waals surface area contributed by atoms with Gasteiger partial charge in [-0.15, -0.1) is 0 Å². The number of pyridine rings is 2. The smallest absolute Gasteiger partial charge is 0.130 e. The molecule has 0 aliphatic rings. The molecule has 2 heterocycles. The highest BCUT2D eigenvalue weighted by Crippen LogP contribution is 2.19. The first kappa shape index (κ1) is 13.5. The van der Waals surface area contributed by atoms with Gasteiger partial charge in [0.25, 0.3) is 0 Å². The Morgan fingerprint density at radius 3 is 2.86 bits per heavy atom. The summed E-state index contributed by atoms with van der Waals surface area (Å²) in [7, 11) is 1.91. The lowest BCUT2D eigenvalue weighted by Crippen LogP contribution is -2.08. The number of nitrogens with zero attached hydrogens (tertiary/aromatic N) is 2. The van der Waals surface area contributed by atoms with Crippen molar-refractivity contribution in [3.63, 3.8) is 0 Å². The van der Waals surface area contributed by atoms with Crippen LogP contribution in [0.15, 0.2) is 54.7 Å². The van der Waals surface area contributed by atoms with E-state index >= 15 is 0 Å². The Morgan fingerprint density at radius 1 is 1.05 bits per heavy atom. The highest BCUT2D eigenvalue weighted by atomic mass is 16.5. The van der Waals surface area contributed by atoms with Crippen LogP contribution in [0, 0.1) is 0 Å². The van der Waals surface area contributed by atoms with Crippen molar-refractivity contribution in [2.45, 2.75) is 13.2 Å². The van der Waals surface area contributed by atoms with E-state index in [1.807, 2.05) is 55.6 Å². The molecule has 106 valence electrons. The fourth-order valence-corrected chi connectivity index (χ4v) is 2.18. The maximum Gasteiger partial charge on any atom is 0.130 e. The van der Waals surface area contributed by atoms with Crippen molar-refractivity contribution in [1.82, 2.24) is 15.3 Å². The number of rotatable bonds is 5. The molecule has 0 saturated heterocycles. The number of aromatic nitrogens is 2.